The van der Waals surface area contributed by atoms with Gasteiger partial charge in [-0.15, -0.1) is 0 Å². The molecule has 0 bridgehead atoms. The lowest BCUT2D eigenvalue weighted by Gasteiger charge is -2.40. The molecule has 14 heavy (non-hydrogen) atoms. The maximum Gasteiger partial charge on any atom is 0.136 e. The minimum Gasteiger partial charge on any atom is -0.299 e. The Bertz CT molecular complexity index is 300. The predicted octanol–water partition coefficient (Wildman–Crippen LogP) is 3.12. The summed E-state index contributed by atoms with van der Waals surface area (Å²) < 4.78 is 0. The van der Waals surface area contributed by atoms with Crippen molar-refractivity contribution in [1.29, 1.82) is 0 Å². The van der Waals surface area contributed by atoms with E-state index in [-0.39, 0.29) is 5.92 Å². The van der Waals surface area contributed by atoms with E-state index in [0.717, 1.165) is 19.3 Å². The number of ketones is 1. The van der Waals surface area contributed by atoms with Gasteiger partial charge in [-0.2, -0.15) is 0 Å². The van der Waals surface area contributed by atoms with Crippen molar-refractivity contribution in [2.75, 3.05) is 0 Å². The largest absolute Gasteiger partial charge is 0.299 e. The van der Waals surface area contributed by atoms with Crippen LogP contribution in [0, 0.1) is 17.8 Å². The quantitative estimate of drug-likeness (QED) is 0.536. The minimum atomic E-state index is 0.235. The third-order valence-electron chi connectivity index (χ3n) is 3.88. The predicted molar refractivity (Wildman–Crippen MR) is 57.9 cm³/mol. The first kappa shape index (κ1) is 9.70. The number of carbonyl (C=O) groups excluding carboxylic acids is 1. The average molecular weight is 190 g/mol. The van der Waals surface area contributed by atoms with E-state index in [1.807, 2.05) is 6.92 Å². The molecule has 0 spiro atoms. The van der Waals surface area contributed by atoms with E-state index in [1.54, 1.807) is 0 Å². The van der Waals surface area contributed by atoms with Crippen molar-refractivity contribution < 1.29 is 4.79 Å². The molecule has 0 aromatic rings. The molecule has 0 saturated heterocycles. The molecule has 3 unspecified atom stereocenters. The third kappa shape index (κ3) is 1.45. The van der Waals surface area contributed by atoms with E-state index in [4.69, 9.17) is 0 Å². The molecule has 2 aliphatic carbocycles. The van der Waals surface area contributed by atoms with Gasteiger partial charge in [0.25, 0.3) is 0 Å². The summed E-state index contributed by atoms with van der Waals surface area (Å²) in [4.78, 5) is 11.6. The Morgan fingerprint density at radius 2 is 1.71 bits per heavy atom. The highest BCUT2D eigenvalue weighted by Gasteiger charge is 2.38. The van der Waals surface area contributed by atoms with Crippen LogP contribution in [0.1, 0.15) is 32.6 Å². The van der Waals surface area contributed by atoms with Crippen LogP contribution in [-0.2, 0) is 4.79 Å². The zero-order chi connectivity index (χ0) is 10.3. The lowest BCUT2D eigenvalue weighted by molar-refractivity contribution is -0.126. The van der Waals surface area contributed by atoms with E-state index in [9.17, 15) is 4.79 Å². The lowest BCUT2D eigenvalue weighted by Crippen LogP contribution is -2.34. The summed E-state index contributed by atoms with van der Waals surface area (Å²) in [6, 6.07) is 0. The third-order valence-corrected chi connectivity index (χ3v) is 3.88. The second-order valence-electron chi connectivity index (χ2n) is 4.84. The van der Waals surface area contributed by atoms with E-state index < -0.39 is 0 Å². The fraction of sp³-hybridized carbons (Fsp3) is 0.615. The first-order valence-electron chi connectivity index (χ1n) is 5.47. The van der Waals surface area contributed by atoms with Crippen LogP contribution in [0.5, 0.6) is 0 Å². The molecule has 1 nitrogen and oxygen atoms in total. The number of hydrogen-bond acceptors (Lipinski definition) is 1. The normalized spacial score (nSPS) is 38.4. The number of Topliss-reactive ketones (excluding diaryl/α,β-unsaturated/α-hetero) is 1. The smallest absolute Gasteiger partial charge is 0.136 e. The highest BCUT2D eigenvalue weighted by molar-refractivity contribution is 5.82. The summed E-state index contributed by atoms with van der Waals surface area (Å²) in [6.07, 6.45) is 3.84. The van der Waals surface area contributed by atoms with E-state index in [2.05, 4.69) is 13.2 Å². The Morgan fingerprint density at radius 1 is 1.14 bits per heavy atom. The van der Waals surface area contributed by atoms with Crippen molar-refractivity contribution in [3.8, 4) is 0 Å². The molecule has 0 aromatic carbocycles. The molecule has 2 fully saturated rings. The zero-order valence-electron chi connectivity index (χ0n) is 8.88. The molecule has 0 radical (unpaired) electrons. The standard InChI is InChI=1S/C13H18O/c1-8-4-5-9(2)12-7-13(14)10(3)6-11(8)12/h10-12H,1-2,4-7H2,3H3. The van der Waals surface area contributed by atoms with Crippen molar-refractivity contribution in [1.82, 2.24) is 0 Å². The lowest BCUT2D eigenvalue weighted by atomic mass is 9.64. The van der Waals surface area contributed by atoms with Gasteiger partial charge in [0.15, 0.2) is 0 Å². The SMILES string of the molecule is C=C1CCC(=C)C2CC(C)C(=O)CC12. The van der Waals surface area contributed by atoms with Crippen LogP contribution in [0.2, 0.25) is 0 Å². The maximum absolute atomic E-state index is 11.6. The first-order valence-corrected chi connectivity index (χ1v) is 5.47. The Kier molecular flexibility index (Phi) is 2.34. The zero-order valence-corrected chi connectivity index (χ0v) is 8.88. The van der Waals surface area contributed by atoms with E-state index >= 15 is 0 Å². The molecule has 76 valence electrons. The summed E-state index contributed by atoms with van der Waals surface area (Å²) in [5, 5.41) is 0. The van der Waals surface area contributed by atoms with E-state index in [0.29, 0.717) is 24.0 Å². The monoisotopic (exact) mass is 190 g/mol. The summed E-state index contributed by atoms with van der Waals surface area (Å²) >= 11 is 0. The molecule has 0 aromatic heterocycles. The first-order chi connectivity index (χ1) is 6.59. The molecule has 0 N–H and O–H groups in total. The van der Waals surface area contributed by atoms with Crippen LogP contribution in [0.3, 0.4) is 0 Å². The minimum absolute atomic E-state index is 0.235. The van der Waals surface area contributed by atoms with Crippen molar-refractivity contribution in [3.05, 3.63) is 24.3 Å². The number of allylic oxidation sites excluding steroid dienone is 2. The molecule has 1 heteroatoms. The van der Waals surface area contributed by atoms with Crippen molar-refractivity contribution in [2.45, 2.75) is 32.6 Å². The van der Waals surface area contributed by atoms with Crippen LogP contribution in [-0.4, -0.2) is 5.78 Å². The summed E-state index contributed by atoms with van der Waals surface area (Å²) in [5.74, 6) is 1.62. The van der Waals surface area contributed by atoms with Gasteiger partial charge < -0.3 is 0 Å². The van der Waals surface area contributed by atoms with Gasteiger partial charge in [-0.1, -0.05) is 31.2 Å². The number of carbonyl (C=O) groups is 1. The fourth-order valence-corrected chi connectivity index (χ4v) is 2.81. The Balaban J connectivity index is 2.22. The summed E-state index contributed by atoms with van der Waals surface area (Å²) in [7, 11) is 0. The Morgan fingerprint density at radius 3 is 2.36 bits per heavy atom. The fourth-order valence-electron chi connectivity index (χ4n) is 2.81. The highest BCUT2D eigenvalue weighted by Crippen LogP contribution is 2.45. The molecule has 0 aliphatic heterocycles. The van der Waals surface area contributed by atoms with Crippen LogP contribution in [0.25, 0.3) is 0 Å². The van der Waals surface area contributed by atoms with Gasteiger partial charge in [0, 0.05) is 12.3 Å². The van der Waals surface area contributed by atoms with Crippen LogP contribution >= 0.6 is 0 Å². The molecule has 3 atom stereocenters. The van der Waals surface area contributed by atoms with Gasteiger partial charge in [0.1, 0.15) is 5.78 Å². The average Bonchev–Trinajstić information content (AvgIpc) is 2.15. The van der Waals surface area contributed by atoms with Gasteiger partial charge in [0.2, 0.25) is 0 Å². The molecule has 0 heterocycles. The maximum atomic E-state index is 11.6. The van der Waals surface area contributed by atoms with Crippen molar-refractivity contribution in [2.24, 2.45) is 17.8 Å². The number of rotatable bonds is 0. The van der Waals surface area contributed by atoms with E-state index in [1.165, 1.54) is 11.1 Å². The van der Waals surface area contributed by atoms with Gasteiger partial charge in [-0.25, -0.2) is 0 Å². The molecule has 2 saturated carbocycles. The topological polar surface area (TPSA) is 17.1 Å². The summed E-state index contributed by atoms with van der Waals surface area (Å²) in [6.45, 7) is 10.3. The summed E-state index contributed by atoms with van der Waals surface area (Å²) in [5.41, 5.74) is 2.63. The highest BCUT2D eigenvalue weighted by atomic mass is 16.1. The molecular weight excluding hydrogens is 172 g/mol. The van der Waals surface area contributed by atoms with Gasteiger partial charge >= 0.3 is 0 Å². The Hall–Kier alpha value is -0.850. The Labute approximate surface area is 85.9 Å². The van der Waals surface area contributed by atoms with Crippen molar-refractivity contribution >= 4 is 5.78 Å². The second-order valence-corrected chi connectivity index (χ2v) is 4.84. The molecule has 0 amide bonds. The van der Waals surface area contributed by atoms with Gasteiger partial charge in [0.05, 0.1) is 0 Å². The number of fused-ring (bicyclic) bond motifs is 1. The van der Waals surface area contributed by atoms with Gasteiger partial charge in [-0.3, -0.25) is 4.79 Å². The van der Waals surface area contributed by atoms with Gasteiger partial charge in [-0.05, 0) is 31.1 Å². The molecule has 2 rings (SSSR count). The second kappa shape index (κ2) is 3.38. The van der Waals surface area contributed by atoms with Crippen molar-refractivity contribution in [3.63, 3.8) is 0 Å². The van der Waals surface area contributed by atoms with Crippen LogP contribution in [0.4, 0.5) is 0 Å². The molecule has 2 aliphatic rings. The van der Waals surface area contributed by atoms with Crippen LogP contribution < -0.4 is 0 Å². The number of hydrogen-bond donors (Lipinski definition) is 0. The van der Waals surface area contributed by atoms with Crippen LogP contribution in [0.15, 0.2) is 24.3 Å². The molecular formula is C13H18O.